The number of carbonyl (C=O) groups excluding carboxylic acids is 1. The molecule has 0 aliphatic heterocycles. The van der Waals surface area contributed by atoms with Crippen molar-refractivity contribution in [3.8, 4) is 5.75 Å². The monoisotopic (exact) mass is 272 g/mol. The minimum Gasteiger partial charge on any atom is -0.497 e. The molecule has 0 saturated carbocycles. The predicted octanol–water partition coefficient (Wildman–Crippen LogP) is 2.34. The molecule has 2 N–H and O–H groups in total. The molecule has 0 aliphatic rings. The van der Waals surface area contributed by atoms with E-state index in [1.54, 1.807) is 24.3 Å². The highest BCUT2D eigenvalue weighted by atomic mass is 16.5. The van der Waals surface area contributed by atoms with Crippen LogP contribution >= 0.6 is 0 Å². The summed E-state index contributed by atoms with van der Waals surface area (Å²) in [7, 11) is 1.51. The van der Waals surface area contributed by atoms with Crippen LogP contribution in [0.3, 0.4) is 0 Å². The third kappa shape index (κ3) is 3.47. The summed E-state index contributed by atoms with van der Waals surface area (Å²) in [6.45, 7) is 2.01. The van der Waals surface area contributed by atoms with Crippen molar-refractivity contribution in [3.05, 3.63) is 53.3 Å². The number of nitrogens with two attached hydrogens (primary N) is 1. The summed E-state index contributed by atoms with van der Waals surface area (Å²) in [6, 6.07) is 10.3. The van der Waals surface area contributed by atoms with Gasteiger partial charge >= 0.3 is 5.97 Å². The van der Waals surface area contributed by atoms with Crippen LogP contribution in [-0.4, -0.2) is 18.1 Å². The number of benzene rings is 1. The van der Waals surface area contributed by atoms with Crippen LogP contribution in [0.25, 0.3) is 0 Å². The molecule has 0 radical (unpaired) electrons. The van der Waals surface area contributed by atoms with Crippen molar-refractivity contribution >= 4 is 11.7 Å². The number of ether oxygens (including phenoxy) is 2. The highest BCUT2D eigenvalue weighted by Gasteiger charge is 2.10. The Morgan fingerprint density at radius 2 is 2.10 bits per heavy atom. The number of hydrogen-bond donors (Lipinski definition) is 1. The second kappa shape index (κ2) is 6.06. The number of anilines is 1. The Labute approximate surface area is 117 Å². The maximum Gasteiger partial charge on any atom is 0.338 e. The summed E-state index contributed by atoms with van der Waals surface area (Å²) in [5.74, 6) is 0.0598. The molecule has 1 aromatic heterocycles. The van der Waals surface area contributed by atoms with Crippen LogP contribution in [0.4, 0.5) is 5.69 Å². The molecule has 5 nitrogen and oxygen atoms in total. The number of esters is 1. The summed E-state index contributed by atoms with van der Waals surface area (Å²) in [6.07, 6.45) is 0. The third-order valence-corrected chi connectivity index (χ3v) is 2.70. The van der Waals surface area contributed by atoms with Crippen LogP contribution < -0.4 is 10.5 Å². The Hall–Kier alpha value is -2.56. The van der Waals surface area contributed by atoms with Crippen molar-refractivity contribution < 1.29 is 14.3 Å². The SMILES string of the molecule is COc1cc(N)cc(C(=O)OCc2cccc(C)n2)c1. The molecule has 1 aromatic carbocycles. The quantitative estimate of drug-likeness (QED) is 0.683. The van der Waals surface area contributed by atoms with E-state index in [1.807, 2.05) is 19.1 Å². The number of aromatic nitrogens is 1. The van der Waals surface area contributed by atoms with Gasteiger partial charge in [-0.05, 0) is 31.2 Å². The Morgan fingerprint density at radius 1 is 1.30 bits per heavy atom. The van der Waals surface area contributed by atoms with Gasteiger partial charge in [0.1, 0.15) is 12.4 Å². The van der Waals surface area contributed by atoms with Gasteiger partial charge in [0.25, 0.3) is 0 Å². The molecule has 104 valence electrons. The first-order valence-electron chi connectivity index (χ1n) is 6.12. The van der Waals surface area contributed by atoms with Gasteiger partial charge in [-0.3, -0.25) is 4.98 Å². The van der Waals surface area contributed by atoms with Crippen LogP contribution in [-0.2, 0) is 11.3 Å². The number of rotatable bonds is 4. The lowest BCUT2D eigenvalue weighted by Gasteiger charge is -2.07. The van der Waals surface area contributed by atoms with E-state index < -0.39 is 5.97 Å². The first-order chi connectivity index (χ1) is 9.58. The molecule has 0 atom stereocenters. The smallest absolute Gasteiger partial charge is 0.338 e. The van der Waals surface area contributed by atoms with Crippen LogP contribution in [0.5, 0.6) is 5.75 Å². The first kappa shape index (κ1) is 13.9. The molecule has 0 bridgehead atoms. The van der Waals surface area contributed by atoms with Gasteiger partial charge in [0, 0.05) is 17.4 Å². The fourth-order valence-corrected chi connectivity index (χ4v) is 1.76. The number of nitrogen functional groups attached to an aromatic ring is 1. The topological polar surface area (TPSA) is 74.4 Å². The summed E-state index contributed by atoms with van der Waals surface area (Å²) in [4.78, 5) is 16.2. The zero-order valence-corrected chi connectivity index (χ0v) is 11.4. The van der Waals surface area contributed by atoms with Gasteiger partial charge in [0.05, 0.1) is 18.4 Å². The van der Waals surface area contributed by atoms with Crippen LogP contribution in [0.15, 0.2) is 36.4 Å². The summed E-state index contributed by atoms with van der Waals surface area (Å²) >= 11 is 0. The number of carbonyl (C=O) groups is 1. The number of nitrogens with zero attached hydrogens (tertiary/aromatic N) is 1. The van der Waals surface area contributed by atoms with Crippen molar-refractivity contribution in [3.63, 3.8) is 0 Å². The molecule has 1 heterocycles. The van der Waals surface area contributed by atoms with Gasteiger partial charge in [-0.1, -0.05) is 6.07 Å². The van der Waals surface area contributed by atoms with Gasteiger partial charge in [-0.2, -0.15) is 0 Å². The van der Waals surface area contributed by atoms with E-state index in [1.165, 1.54) is 7.11 Å². The van der Waals surface area contributed by atoms with E-state index in [0.29, 0.717) is 22.7 Å². The number of pyridine rings is 1. The molecule has 0 amide bonds. The highest BCUT2D eigenvalue weighted by molar-refractivity contribution is 5.91. The highest BCUT2D eigenvalue weighted by Crippen LogP contribution is 2.19. The molecule has 0 fully saturated rings. The normalized spacial score (nSPS) is 10.1. The van der Waals surface area contributed by atoms with Gasteiger partial charge in [-0.25, -0.2) is 4.79 Å². The minimum atomic E-state index is -0.459. The lowest BCUT2D eigenvalue weighted by atomic mass is 10.2. The Bertz CT molecular complexity index is 626. The molecule has 0 spiro atoms. The Balaban J connectivity index is 2.07. The molecule has 0 unspecified atom stereocenters. The molecule has 2 aromatic rings. The van der Waals surface area contributed by atoms with Crippen molar-refractivity contribution in [2.75, 3.05) is 12.8 Å². The molecule has 20 heavy (non-hydrogen) atoms. The molecule has 2 rings (SSSR count). The van der Waals surface area contributed by atoms with E-state index in [0.717, 1.165) is 5.69 Å². The van der Waals surface area contributed by atoms with E-state index in [-0.39, 0.29) is 6.61 Å². The van der Waals surface area contributed by atoms with E-state index in [2.05, 4.69) is 4.98 Å². The third-order valence-electron chi connectivity index (χ3n) is 2.70. The molecule has 0 saturated heterocycles. The van der Waals surface area contributed by atoms with Gasteiger partial charge in [0.15, 0.2) is 0 Å². The maximum absolute atomic E-state index is 12.0. The lowest BCUT2D eigenvalue weighted by molar-refractivity contribution is 0.0467. The molecular weight excluding hydrogens is 256 g/mol. The standard InChI is InChI=1S/C15H16N2O3/c1-10-4-3-5-13(17-10)9-20-15(18)11-6-12(16)8-14(7-11)19-2/h3-8H,9,16H2,1-2H3. The second-order valence-corrected chi connectivity index (χ2v) is 4.34. The average Bonchev–Trinajstić information content (AvgIpc) is 2.44. The first-order valence-corrected chi connectivity index (χ1v) is 6.12. The van der Waals surface area contributed by atoms with Gasteiger partial charge in [-0.15, -0.1) is 0 Å². The van der Waals surface area contributed by atoms with Crippen molar-refractivity contribution in [1.29, 1.82) is 0 Å². The fraction of sp³-hybridized carbons (Fsp3) is 0.200. The molecule has 0 aliphatic carbocycles. The average molecular weight is 272 g/mol. The van der Waals surface area contributed by atoms with E-state index in [9.17, 15) is 4.79 Å². The summed E-state index contributed by atoms with van der Waals surface area (Å²) < 4.78 is 10.3. The number of hydrogen-bond acceptors (Lipinski definition) is 5. The lowest BCUT2D eigenvalue weighted by Crippen LogP contribution is -2.07. The van der Waals surface area contributed by atoms with Crippen LogP contribution in [0.1, 0.15) is 21.7 Å². The molecular formula is C15H16N2O3. The second-order valence-electron chi connectivity index (χ2n) is 4.34. The zero-order chi connectivity index (χ0) is 14.5. The Morgan fingerprint density at radius 3 is 2.80 bits per heavy atom. The zero-order valence-electron chi connectivity index (χ0n) is 11.4. The number of aryl methyl sites for hydroxylation is 1. The summed E-state index contributed by atoms with van der Waals surface area (Å²) in [5.41, 5.74) is 8.09. The van der Waals surface area contributed by atoms with Crippen molar-refractivity contribution in [2.45, 2.75) is 13.5 Å². The minimum absolute atomic E-state index is 0.123. The maximum atomic E-state index is 12.0. The van der Waals surface area contributed by atoms with E-state index in [4.69, 9.17) is 15.2 Å². The van der Waals surface area contributed by atoms with Crippen molar-refractivity contribution in [2.24, 2.45) is 0 Å². The van der Waals surface area contributed by atoms with Gasteiger partial charge < -0.3 is 15.2 Å². The van der Waals surface area contributed by atoms with E-state index >= 15 is 0 Å². The van der Waals surface area contributed by atoms with Gasteiger partial charge in [0.2, 0.25) is 0 Å². The van der Waals surface area contributed by atoms with Crippen LogP contribution in [0, 0.1) is 6.92 Å². The number of methoxy groups -OCH3 is 1. The molecule has 5 heteroatoms. The van der Waals surface area contributed by atoms with Crippen LogP contribution in [0.2, 0.25) is 0 Å². The predicted molar refractivity (Wildman–Crippen MR) is 75.5 cm³/mol. The summed E-state index contributed by atoms with van der Waals surface area (Å²) in [5, 5.41) is 0. The fourth-order valence-electron chi connectivity index (χ4n) is 1.76. The van der Waals surface area contributed by atoms with Crippen molar-refractivity contribution in [1.82, 2.24) is 4.98 Å². The Kier molecular flexibility index (Phi) is 4.20. The largest absolute Gasteiger partial charge is 0.497 e.